The number of nitrogens with zero attached hydrogens (tertiary/aromatic N) is 4. The first-order chi connectivity index (χ1) is 11.0. The Morgan fingerprint density at radius 1 is 1.35 bits per heavy atom. The second-order valence-electron chi connectivity index (χ2n) is 5.14. The van der Waals surface area contributed by atoms with Crippen molar-refractivity contribution < 1.29 is 9.00 Å². The molecule has 1 aliphatic rings. The van der Waals surface area contributed by atoms with E-state index in [1.807, 2.05) is 37.5 Å². The molecule has 2 heterocycles. The predicted molar refractivity (Wildman–Crippen MR) is 101 cm³/mol. The van der Waals surface area contributed by atoms with E-state index in [0.717, 1.165) is 13.0 Å². The zero-order valence-electron chi connectivity index (χ0n) is 13.6. The molecule has 0 bridgehead atoms. The van der Waals surface area contributed by atoms with Gasteiger partial charge in [0.1, 0.15) is 0 Å². The third-order valence-corrected chi connectivity index (χ3v) is 8.37. The van der Waals surface area contributed by atoms with Gasteiger partial charge >= 0.3 is 6.03 Å². The van der Waals surface area contributed by atoms with Crippen LogP contribution in [0.4, 0.5) is 9.93 Å². The highest BCUT2D eigenvalue weighted by Crippen LogP contribution is 2.31. The molecule has 1 aliphatic heterocycles. The predicted octanol–water partition coefficient (Wildman–Crippen LogP) is 2.74. The van der Waals surface area contributed by atoms with E-state index in [1.54, 1.807) is 16.1 Å². The number of anilines is 1. The minimum Gasteiger partial charge on any atom is -0.325 e. The zero-order valence-corrected chi connectivity index (χ0v) is 16.8. The molecule has 2 rings (SSSR count). The average molecular weight is 395 g/mol. The van der Waals surface area contributed by atoms with Gasteiger partial charge in [0.25, 0.3) is 0 Å². The summed E-state index contributed by atoms with van der Waals surface area (Å²) in [4.78, 5) is 16.2. The molecule has 1 unspecified atom stereocenters. The molecule has 130 valence electrons. The van der Waals surface area contributed by atoms with Crippen molar-refractivity contribution in [2.75, 3.05) is 42.8 Å². The highest BCUT2D eigenvalue weighted by Gasteiger charge is 2.26. The monoisotopic (exact) mass is 394 g/mol. The van der Waals surface area contributed by atoms with Crippen molar-refractivity contribution in [3.05, 3.63) is 0 Å². The lowest BCUT2D eigenvalue weighted by molar-refractivity contribution is 0.217. The number of hydrogen-bond donors (Lipinski definition) is 0. The van der Waals surface area contributed by atoms with Crippen LogP contribution in [0.1, 0.15) is 19.8 Å². The van der Waals surface area contributed by atoms with Gasteiger partial charge in [0.2, 0.25) is 9.47 Å². The third-order valence-electron chi connectivity index (χ3n) is 3.20. The number of carbonyl (C=O) groups excluding carboxylic acids is 1. The molecule has 6 nitrogen and oxygen atoms in total. The molecule has 23 heavy (non-hydrogen) atoms. The topological polar surface area (TPSA) is 66.4 Å². The van der Waals surface area contributed by atoms with Gasteiger partial charge in [0, 0.05) is 26.4 Å². The largest absolute Gasteiger partial charge is 0.326 e. The van der Waals surface area contributed by atoms with Crippen LogP contribution in [0.25, 0.3) is 0 Å². The molecule has 1 atom stereocenters. The van der Waals surface area contributed by atoms with Crippen LogP contribution in [-0.2, 0) is 10.8 Å². The summed E-state index contributed by atoms with van der Waals surface area (Å²) in [5.74, 6) is 2.33. The number of hydrogen-bond acceptors (Lipinski definition) is 7. The van der Waals surface area contributed by atoms with Crippen LogP contribution in [0.2, 0.25) is 0 Å². The highest BCUT2D eigenvalue weighted by atomic mass is 32.2. The summed E-state index contributed by atoms with van der Waals surface area (Å²) in [7, 11) is 0.662. The number of thioether (sulfide) groups is 2. The summed E-state index contributed by atoms with van der Waals surface area (Å²) in [6, 6.07) is -0.0665. The van der Waals surface area contributed by atoms with Crippen LogP contribution in [-0.4, -0.2) is 67.8 Å². The maximum absolute atomic E-state index is 12.8. The van der Waals surface area contributed by atoms with E-state index in [9.17, 15) is 9.00 Å². The molecule has 0 saturated carbocycles. The SMILES string of the molecule is CCCN(C(=O)N(C)CC1SCCCS1)c1nnc(S(C)=O)s1. The summed E-state index contributed by atoms with van der Waals surface area (Å²) in [5, 5.41) is 8.50. The van der Waals surface area contributed by atoms with Crippen molar-refractivity contribution >= 4 is 56.8 Å². The van der Waals surface area contributed by atoms with Gasteiger partial charge in [0.15, 0.2) is 0 Å². The molecule has 1 fully saturated rings. The van der Waals surface area contributed by atoms with Gasteiger partial charge in [-0.05, 0) is 24.3 Å². The molecule has 0 spiro atoms. The first-order valence-corrected chi connectivity index (χ1v) is 11.9. The van der Waals surface area contributed by atoms with Crippen molar-refractivity contribution in [3.63, 3.8) is 0 Å². The van der Waals surface area contributed by atoms with Gasteiger partial charge in [-0.1, -0.05) is 18.3 Å². The summed E-state index contributed by atoms with van der Waals surface area (Å²) in [6.45, 7) is 3.33. The Labute approximate surface area is 152 Å². The van der Waals surface area contributed by atoms with E-state index < -0.39 is 10.8 Å². The third kappa shape index (κ3) is 5.33. The average Bonchev–Trinajstić information content (AvgIpc) is 3.03. The van der Waals surface area contributed by atoms with Crippen LogP contribution in [0.15, 0.2) is 4.34 Å². The van der Waals surface area contributed by atoms with Gasteiger partial charge in [-0.2, -0.15) is 0 Å². The zero-order chi connectivity index (χ0) is 16.8. The number of rotatable bonds is 6. The summed E-state index contributed by atoms with van der Waals surface area (Å²) in [6.07, 6.45) is 3.64. The molecule has 1 aromatic rings. The Balaban J connectivity index is 2.05. The second-order valence-corrected chi connectivity index (χ2v) is 10.6. The fraction of sp³-hybridized carbons (Fsp3) is 0.769. The summed E-state index contributed by atoms with van der Waals surface area (Å²) < 4.78 is 12.4. The molecule has 1 aromatic heterocycles. The number of carbonyl (C=O) groups is 1. The maximum Gasteiger partial charge on any atom is 0.326 e. The lowest BCUT2D eigenvalue weighted by atomic mass is 10.4. The first-order valence-electron chi connectivity index (χ1n) is 7.45. The van der Waals surface area contributed by atoms with Crippen molar-refractivity contribution in [1.29, 1.82) is 0 Å². The normalized spacial score (nSPS) is 17.0. The minimum absolute atomic E-state index is 0.0665. The van der Waals surface area contributed by atoms with E-state index in [4.69, 9.17) is 0 Å². The van der Waals surface area contributed by atoms with E-state index in [1.165, 1.54) is 29.3 Å². The van der Waals surface area contributed by atoms with E-state index in [2.05, 4.69) is 10.2 Å². The fourth-order valence-electron chi connectivity index (χ4n) is 2.07. The van der Waals surface area contributed by atoms with Crippen molar-refractivity contribution in [2.24, 2.45) is 0 Å². The molecule has 1 saturated heterocycles. The van der Waals surface area contributed by atoms with Gasteiger partial charge in [-0.15, -0.1) is 33.7 Å². The van der Waals surface area contributed by atoms with Crippen LogP contribution >= 0.6 is 34.9 Å². The van der Waals surface area contributed by atoms with Crippen molar-refractivity contribution in [3.8, 4) is 0 Å². The van der Waals surface area contributed by atoms with Crippen molar-refractivity contribution in [1.82, 2.24) is 15.1 Å². The number of aromatic nitrogens is 2. The van der Waals surface area contributed by atoms with Crippen molar-refractivity contribution in [2.45, 2.75) is 28.7 Å². The lowest BCUT2D eigenvalue weighted by Crippen LogP contribution is -2.44. The summed E-state index contributed by atoms with van der Waals surface area (Å²) >= 11 is 5.07. The smallest absolute Gasteiger partial charge is 0.325 e. The highest BCUT2D eigenvalue weighted by molar-refractivity contribution is 8.17. The molecule has 0 radical (unpaired) electrons. The van der Waals surface area contributed by atoms with E-state index in [-0.39, 0.29) is 6.03 Å². The van der Waals surface area contributed by atoms with Gasteiger partial charge in [0.05, 0.1) is 15.4 Å². The van der Waals surface area contributed by atoms with Crippen LogP contribution < -0.4 is 4.90 Å². The van der Waals surface area contributed by atoms with Crippen LogP contribution in [0, 0.1) is 0 Å². The molecule has 10 heteroatoms. The second kappa shape index (κ2) is 9.24. The quantitative estimate of drug-likeness (QED) is 0.691. The van der Waals surface area contributed by atoms with Crippen LogP contribution in [0.5, 0.6) is 0 Å². The molecular weight excluding hydrogens is 372 g/mol. The lowest BCUT2D eigenvalue weighted by Gasteiger charge is -2.29. The Morgan fingerprint density at radius 3 is 2.61 bits per heavy atom. The molecule has 0 aromatic carbocycles. The van der Waals surface area contributed by atoms with Gasteiger partial charge in [-0.3, -0.25) is 9.11 Å². The molecule has 0 aliphatic carbocycles. The fourth-order valence-corrected chi connectivity index (χ4v) is 6.47. The Hall–Kier alpha value is -0.320. The molecule has 2 amide bonds. The molecule has 0 N–H and O–H groups in total. The van der Waals surface area contributed by atoms with Gasteiger partial charge < -0.3 is 4.90 Å². The van der Waals surface area contributed by atoms with E-state index in [0.29, 0.717) is 20.6 Å². The standard InChI is InChI=1S/C13H22N4O2S4/c1-4-6-17(11-14-15-12(22-11)23(3)19)13(18)16(2)9-10-20-7-5-8-21-10/h10H,4-9H2,1-3H3. The Morgan fingerprint density at radius 2 is 2.04 bits per heavy atom. The molecular formula is C13H22N4O2S4. The minimum atomic E-state index is -1.17. The maximum atomic E-state index is 12.8. The summed E-state index contributed by atoms with van der Waals surface area (Å²) in [5.41, 5.74) is 0. The number of amides is 2. The van der Waals surface area contributed by atoms with Gasteiger partial charge in [-0.25, -0.2) is 4.79 Å². The van der Waals surface area contributed by atoms with Crippen LogP contribution in [0.3, 0.4) is 0 Å². The Bertz CT molecular complexity index is 548. The first kappa shape index (κ1) is 19.0. The Kier molecular flexibility index (Phi) is 7.64. The van der Waals surface area contributed by atoms with E-state index >= 15 is 0 Å². The number of urea groups is 1.